The normalized spacial score (nSPS) is 10.5. The minimum absolute atomic E-state index is 0.189. The molecule has 0 spiro atoms. The number of rotatable bonds is 4. The quantitative estimate of drug-likeness (QED) is 0.850. The maximum atomic E-state index is 10.7. The predicted octanol–water partition coefficient (Wildman–Crippen LogP) is 2.62. The standard InChI is InChI=1S/C11H10ClN3OS2/c12-7-4-2-1-3-6(7)9-10(14)18-11(15-9)17-5-8(13)16/h1-4H,5,14H2,(H2,13,16). The Morgan fingerprint density at radius 3 is 2.83 bits per heavy atom. The van der Waals surface area contributed by atoms with Crippen LogP contribution in [0.5, 0.6) is 0 Å². The van der Waals surface area contributed by atoms with Gasteiger partial charge in [-0.1, -0.05) is 52.9 Å². The highest BCUT2D eigenvalue weighted by molar-refractivity contribution is 8.01. The average Bonchev–Trinajstić information content (AvgIpc) is 2.69. The molecule has 0 saturated heterocycles. The zero-order valence-corrected chi connectivity index (χ0v) is 11.6. The van der Waals surface area contributed by atoms with Crippen molar-refractivity contribution in [1.29, 1.82) is 0 Å². The van der Waals surface area contributed by atoms with E-state index in [4.69, 9.17) is 23.1 Å². The van der Waals surface area contributed by atoms with E-state index in [-0.39, 0.29) is 11.7 Å². The Kier molecular flexibility index (Phi) is 4.11. The monoisotopic (exact) mass is 299 g/mol. The Balaban J connectivity index is 2.30. The number of benzene rings is 1. The minimum Gasteiger partial charge on any atom is -0.389 e. The molecule has 0 radical (unpaired) electrons. The van der Waals surface area contributed by atoms with Gasteiger partial charge in [-0.25, -0.2) is 4.98 Å². The van der Waals surface area contributed by atoms with Crippen LogP contribution < -0.4 is 11.5 Å². The second-order valence-electron chi connectivity index (χ2n) is 3.43. The summed E-state index contributed by atoms with van der Waals surface area (Å²) in [6.45, 7) is 0. The molecule has 4 N–H and O–H groups in total. The molecule has 18 heavy (non-hydrogen) atoms. The second-order valence-corrected chi connectivity index (χ2v) is 6.09. The lowest BCUT2D eigenvalue weighted by Crippen LogP contribution is -2.12. The molecule has 0 unspecified atom stereocenters. The van der Waals surface area contributed by atoms with Crippen LogP contribution in [0.15, 0.2) is 28.6 Å². The van der Waals surface area contributed by atoms with Gasteiger partial charge in [-0.05, 0) is 6.07 Å². The molecule has 0 fully saturated rings. The van der Waals surface area contributed by atoms with Crippen LogP contribution in [0.2, 0.25) is 5.02 Å². The fourth-order valence-electron chi connectivity index (χ4n) is 1.35. The van der Waals surface area contributed by atoms with E-state index >= 15 is 0 Å². The Labute approximate surface area is 117 Å². The van der Waals surface area contributed by atoms with Gasteiger partial charge < -0.3 is 11.5 Å². The van der Waals surface area contributed by atoms with Gasteiger partial charge in [0.25, 0.3) is 0 Å². The molecule has 2 rings (SSSR count). The van der Waals surface area contributed by atoms with Crippen molar-refractivity contribution in [3.63, 3.8) is 0 Å². The first kappa shape index (κ1) is 13.2. The molecule has 7 heteroatoms. The molecule has 0 aliphatic rings. The van der Waals surface area contributed by atoms with Gasteiger partial charge in [-0.2, -0.15) is 0 Å². The zero-order chi connectivity index (χ0) is 13.1. The predicted molar refractivity (Wildman–Crippen MR) is 76.9 cm³/mol. The number of thioether (sulfide) groups is 1. The molecule has 0 saturated carbocycles. The van der Waals surface area contributed by atoms with E-state index in [1.54, 1.807) is 6.07 Å². The molecule has 0 aliphatic carbocycles. The van der Waals surface area contributed by atoms with Gasteiger partial charge in [-0.15, -0.1) is 0 Å². The number of thiazole rings is 1. The molecule has 1 aromatic heterocycles. The van der Waals surface area contributed by atoms with Crippen molar-refractivity contribution in [1.82, 2.24) is 4.98 Å². The van der Waals surface area contributed by atoms with E-state index in [0.717, 1.165) is 5.56 Å². The molecule has 1 amide bonds. The highest BCUT2D eigenvalue weighted by atomic mass is 35.5. The number of hydrogen-bond acceptors (Lipinski definition) is 5. The van der Waals surface area contributed by atoms with Crippen LogP contribution in [0.4, 0.5) is 5.00 Å². The van der Waals surface area contributed by atoms with Crippen LogP contribution >= 0.6 is 34.7 Å². The minimum atomic E-state index is -0.381. The van der Waals surface area contributed by atoms with Crippen LogP contribution in [-0.2, 0) is 4.79 Å². The number of primary amides is 1. The van der Waals surface area contributed by atoms with Gasteiger partial charge in [0.05, 0.1) is 10.8 Å². The lowest BCUT2D eigenvalue weighted by Gasteiger charge is -2.00. The molecule has 0 aliphatic heterocycles. The van der Waals surface area contributed by atoms with Crippen LogP contribution in [0.3, 0.4) is 0 Å². The SMILES string of the molecule is NC(=O)CSc1nc(-c2ccccc2Cl)c(N)s1. The molecular weight excluding hydrogens is 290 g/mol. The van der Waals surface area contributed by atoms with Crippen molar-refractivity contribution in [2.75, 3.05) is 11.5 Å². The van der Waals surface area contributed by atoms with Gasteiger partial charge in [0, 0.05) is 5.56 Å². The Morgan fingerprint density at radius 2 is 2.17 bits per heavy atom. The molecule has 2 aromatic rings. The van der Waals surface area contributed by atoms with E-state index in [1.165, 1.54) is 23.1 Å². The van der Waals surface area contributed by atoms with Gasteiger partial charge >= 0.3 is 0 Å². The molecule has 94 valence electrons. The fraction of sp³-hybridized carbons (Fsp3) is 0.0909. The summed E-state index contributed by atoms with van der Waals surface area (Å²) in [6, 6.07) is 7.36. The van der Waals surface area contributed by atoms with E-state index in [2.05, 4.69) is 4.98 Å². The summed E-state index contributed by atoms with van der Waals surface area (Å²) in [7, 11) is 0. The molecule has 1 aromatic carbocycles. The number of hydrogen-bond donors (Lipinski definition) is 2. The Hall–Kier alpha value is -1.24. The van der Waals surface area contributed by atoms with E-state index < -0.39 is 0 Å². The number of anilines is 1. The van der Waals surface area contributed by atoms with Crippen LogP contribution in [-0.4, -0.2) is 16.6 Å². The summed E-state index contributed by atoms with van der Waals surface area (Å²) in [5, 5.41) is 1.18. The van der Waals surface area contributed by atoms with E-state index in [9.17, 15) is 4.79 Å². The number of carbonyl (C=O) groups excluding carboxylic acids is 1. The number of nitrogen functional groups attached to an aromatic ring is 1. The van der Waals surface area contributed by atoms with Gasteiger partial charge in [-0.3, -0.25) is 4.79 Å². The Bertz CT molecular complexity index is 585. The third kappa shape index (κ3) is 2.95. The molecule has 0 atom stereocenters. The molecule has 4 nitrogen and oxygen atoms in total. The van der Waals surface area contributed by atoms with Crippen molar-refractivity contribution in [3.05, 3.63) is 29.3 Å². The lowest BCUT2D eigenvalue weighted by molar-refractivity contribution is -0.115. The summed E-state index contributed by atoms with van der Waals surface area (Å²) < 4.78 is 0.709. The third-order valence-corrected chi connectivity index (χ3v) is 4.48. The topological polar surface area (TPSA) is 82.0 Å². The first-order chi connectivity index (χ1) is 8.58. The number of nitrogens with two attached hydrogens (primary N) is 2. The van der Waals surface area contributed by atoms with Crippen molar-refractivity contribution in [3.8, 4) is 11.3 Å². The maximum absolute atomic E-state index is 10.7. The van der Waals surface area contributed by atoms with Gasteiger partial charge in [0.2, 0.25) is 5.91 Å². The second kappa shape index (κ2) is 5.60. The summed E-state index contributed by atoms with van der Waals surface area (Å²) in [5.74, 6) is -0.192. The largest absolute Gasteiger partial charge is 0.389 e. The molecule has 0 bridgehead atoms. The average molecular weight is 300 g/mol. The summed E-state index contributed by atoms with van der Waals surface area (Å²) >= 11 is 8.69. The van der Waals surface area contributed by atoms with Crippen molar-refractivity contribution in [2.45, 2.75) is 4.34 Å². The van der Waals surface area contributed by atoms with Crippen molar-refractivity contribution < 1.29 is 4.79 Å². The van der Waals surface area contributed by atoms with Crippen LogP contribution in [0, 0.1) is 0 Å². The number of carbonyl (C=O) groups is 1. The highest BCUT2D eigenvalue weighted by Gasteiger charge is 2.13. The number of halogens is 1. The van der Waals surface area contributed by atoms with Crippen molar-refractivity contribution >= 4 is 45.6 Å². The smallest absolute Gasteiger partial charge is 0.227 e. The summed E-state index contributed by atoms with van der Waals surface area (Å²) in [5.41, 5.74) is 12.4. The Morgan fingerprint density at radius 1 is 1.44 bits per heavy atom. The number of nitrogens with zero attached hydrogens (tertiary/aromatic N) is 1. The maximum Gasteiger partial charge on any atom is 0.227 e. The summed E-state index contributed by atoms with van der Waals surface area (Å²) in [4.78, 5) is 15.1. The summed E-state index contributed by atoms with van der Waals surface area (Å²) in [6.07, 6.45) is 0. The van der Waals surface area contributed by atoms with Crippen molar-refractivity contribution in [2.24, 2.45) is 5.73 Å². The van der Waals surface area contributed by atoms with Crippen LogP contribution in [0.1, 0.15) is 0 Å². The fourth-order valence-corrected chi connectivity index (χ4v) is 3.26. The zero-order valence-electron chi connectivity index (χ0n) is 9.22. The van der Waals surface area contributed by atoms with E-state index in [0.29, 0.717) is 20.1 Å². The molecule has 1 heterocycles. The first-order valence-corrected chi connectivity index (χ1v) is 7.18. The first-order valence-electron chi connectivity index (χ1n) is 5.00. The van der Waals surface area contributed by atoms with Gasteiger partial charge in [0.15, 0.2) is 4.34 Å². The van der Waals surface area contributed by atoms with E-state index in [1.807, 2.05) is 18.2 Å². The van der Waals surface area contributed by atoms with Crippen LogP contribution in [0.25, 0.3) is 11.3 Å². The number of aromatic nitrogens is 1. The number of amides is 1. The lowest BCUT2D eigenvalue weighted by atomic mass is 10.2. The highest BCUT2D eigenvalue weighted by Crippen LogP contribution is 2.37. The third-order valence-electron chi connectivity index (χ3n) is 2.10. The molecular formula is C11H10ClN3OS2. The van der Waals surface area contributed by atoms with Gasteiger partial charge in [0.1, 0.15) is 10.7 Å².